The van der Waals surface area contributed by atoms with Gasteiger partial charge in [-0.25, -0.2) is 9.97 Å². The Morgan fingerprint density at radius 3 is 3.03 bits per heavy atom. The van der Waals surface area contributed by atoms with Gasteiger partial charge in [-0.2, -0.15) is 0 Å². The van der Waals surface area contributed by atoms with E-state index in [0.29, 0.717) is 31.0 Å². The number of carbonyl (C=O) groups excluding carboxylic acids is 1. The van der Waals surface area contributed by atoms with E-state index in [9.17, 15) is 4.79 Å². The Balaban J connectivity index is 1.26. The van der Waals surface area contributed by atoms with Gasteiger partial charge in [0.1, 0.15) is 28.9 Å². The lowest BCUT2D eigenvalue weighted by atomic mass is 9.96. The maximum atomic E-state index is 11.7. The minimum absolute atomic E-state index is 0.0179. The molecule has 0 saturated heterocycles. The van der Waals surface area contributed by atoms with Crippen LogP contribution in [0.5, 0.6) is 17.2 Å². The summed E-state index contributed by atoms with van der Waals surface area (Å²) in [6.45, 7) is 2.53. The van der Waals surface area contributed by atoms with Gasteiger partial charge in [0.15, 0.2) is 0 Å². The third kappa shape index (κ3) is 3.33. The summed E-state index contributed by atoms with van der Waals surface area (Å²) in [4.78, 5) is 28.4. The molecule has 2 aliphatic rings. The summed E-state index contributed by atoms with van der Waals surface area (Å²) < 4.78 is 12.2. The van der Waals surface area contributed by atoms with Crippen molar-refractivity contribution in [3.8, 4) is 17.2 Å². The predicted molar refractivity (Wildman–Crippen MR) is 118 cm³/mol. The summed E-state index contributed by atoms with van der Waals surface area (Å²) in [6.07, 6.45) is 5.31. The van der Waals surface area contributed by atoms with Crippen LogP contribution in [0.3, 0.4) is 0 Å². The third-order valence-electron chi connectivity index (χ3n) is 5.95. The van der Waals surface area contributed by atoms with E-state index in [2.05, 4.69) is 20.3 Å². The number of carbonyl (C=O) groups is 1. The Morgan fingerprint density at radius 2 is 2.09 bits per heavy atom. The zero-order chi connectivity index (χ0) is 21.7. The van der Waals surface area contributed by atoms with Gasteiger partial charge >= 0.3 is 0 Å². The van der Waals surface area contributed by atoms with Gasteiger partial charge in [0.2, 0.25) is 5.91 Å². The van der Waals surface area contributed by atoms with E-state index in [0.717, 1.165) is 51.6 Å². The minimum atomic E-state index is -0.0179. The molecule has 0 spiro atoms. The number of aromatic nitrogens is 4. The number of aromatic amines is 1. The molecular weight excluding hydrogens is 406 g/mol. The molecule has 8 heteroatoms. The zero-order valence-corrected chi connectivity index (χ0v) is 17.5. The van der Waals surface area contributed by atoms with Gasteiger partial charge in [-0.05, 0) is 55.7 Å². The second kappa shape index (κ2) is 7.33. The highest BCUT2D eigenvalue weighted by Gasteiger charge is 2.25. The first-order valence-electron chi connectivity index (χ1n) is 10.7. The van der Waals surface area contributed by atoms with Crippen LogP contribution in [-0.4, -0.2) is 32.4 Å². The van der Waals surface area contributed by atoms with Crippen molar-refractivity contribution in [3.05, 3.63) is 65.4 Å². The van der Waals surface area contributed by atoms with Gasteiger partial charge < -0.3 is 19.8 Å². The van der Waals surface area contributed by atoms with Crippen LogP contribution in [0.2, 0.25) is 0 Å². The Labute approximate surface area is 184 Å². The van der Waals surface area contributed by atoms with Gasteiger partial charge in [-0.3, -0.25) is 9.78 Å². The number of amides is 1. The Kier molecular flexibility index (Phi) is 4.31. The number of pyridine rings is 2. The SMILES string of the molecule is Cc1cc2nc(C3COc4ccc(Oc5ccnc6c5CCC(=O)N6)cc4C3)[nH]c2cn1. The van der Waals surface area contributed by atoms with Crippen LogP contribution in [0, 0.1) is 6.92 Å². The van der Waals surface area contributed by atoms with Crippen LogP contribution in [0.4, 0.5) is 5.82 Å². The Bertz CT molecular complexity index is 1360. The highest BCUT2D eigenvalue weighted by atomic mass is 16.5. The van der Waals surface area contributed by atoms with Crippen molar-refractivity contribution in [1.82, 2.24) is 19.9 Å². The molecule has 1 unspecified atom stereocenters. The molecule has 1 amide bonds. The summed E-state index contributed by atoms with van der Waals surface area (Å²) >= 11 is 0. The first kappa shape index (κ1) is 18.8. The van der Waals surface area contributed by atoms with E-state index in [1.807, 2.05) is 43.5 Å². The average Bonchev–Trinajstić information content (AvgIpc) is 3.22. The maximum absolute atomic E-state index is 11.7. The normalized spacial score (nSPS) is 17.3. The topological polar surface area (TPSA) is 102 Å². The molecule has 1 aromatic carbocycles. The number of nitrogens with zero attached hydrogens (tertiary/aromatic N) is 3. The molecule has 6 rings (SSSR count). The molecule has 0 saturated carbocycles. The Morgan fingerprint density at radius 1 is 1.16 bits per heavy atom. The summed E-state index contributed by atoms with van der Waals surface area (Å²) in [5, 5.41) is 2.81. The highest BCUT2D eigenvalue weighted by Crippen LogP contribution is 2.37. The summed E-state index contributed by atoms with van der Waals surface area (Å²) in [6, 6.07) is 9.69. The highest BCUT2D eigenvalue weighted by molar-refractivity contribution is 5.93. The van der Waals surface area contributed by atoms with E-state index < -0.39 is 0 Å². The second-order valence-electron chi connectivity index (χ2n) is 8.23. The van der Waals surface area contributed by atoms with Crippen LogP contribution in [0.1, 0.15) is 35.0 Å². The number of imidazole rings is 1. The quantitative estimate of drug-likeness (QED) is 0.511. The second-order valence-corrected chi connectivity index (χ2v) is 8.23. The van der Waals surface area contributed by atoms with Crippen molar-refractivity contribution in [2.24, 2.45) is 0 Å². The number of rotatable bonds is 3. The molecule has 0 radical (unpaired) electrons. The molecule has 1 atom stereocenters. The van der Waals surface area contributed by atoms with Crippen LogP contribution >= 0.6 is 0 Å². The van der Waals surface area contributed by atoms with Gasteiger partial charge in [-0.1, -0.05) is 0 Å². The third-order valence-corrected chi connectivity index (χ3v) is 5.95. The molecule has 2 N–H and O–H groups in total. The average molecular weight is 427 g/mol. The monoisotopic (exact) mass is 427 g/mol. The van der Waals surface area contributed by atoms with Crippen molar-refractivity contribution in [2.75, 3.05) is 11.9 Å². The number of ether oxygens (including phenoxy) is 2. The number of hydrogen-bond acceptors (Lipinski definition) is 6. The van der Waals surface area contributed by atoms with Crippen molar-refractivity contribution in [3.63, 3.8) is 0 Å². The number of H-pyrrole nitrogens is 1. The predicted octanol–water partition coefficient (Wildman–Crippen LogP) is 4.06. The van der Waals surface area contributed by atoms with Gasteiger partial charge in [0, 0.05) is 23.9 Å². The Hall–Kier alpha value is -3.94. The van der Waals surface area contributed by atoms with Crippen molar-refractivity contribution >= 4 is 22.8 Å². The van der Waals surface area contributed by atoms with Crippen molar-refractivity contribution in [1.29, 1.82) is 0 Å². The fraction of sp³-hybridized carbons (Fsp3) is 0.250. The molecule has 3 aromatic heterocycles. The number of fused-ring (bicyclic) bond motifs is 3. The van der Waals surface area contributed by atoms with Gasteiger partial charge in [0.25, 0.3) is 0 Å². The van der Waals surface area contributed by atoms with E-state index in [1.165, 1.54) is 0 Å². The minimum Gasteiger partial charge on any atom is -0.493 e. The lowest BCUT2D eigenvalue weighted by molar-refractivity contribution is -0.116. The molecule has 0 bridgehead atoms. The smallest absolute Gasteiger partial charge is 0.225 e. The number of aryl methyl sites for hydroxylation is 1. The van der Waals surface area contributed by atoms with E-state index in [4.69, 9.17) is 14.5 Å². The molecular formula is C24H21N5O3. The maximum Gasteiger partial charge on any atom is 0.225 e. The zero-order valence-electron chi connectivity index (χ0n) is 17.5. The lowest BCUT2D eigenvalue weighted by Crippen LogP contribution is -2.20. The molecule has 160 valence electrons. The summed E-state index contributed by atoms with van der Waals surface area (Å²) in [5.41, 5.74) is 4.79. The van der Waals surface area contributed by atoms with E-state index in [1.54, 1.807) is 6.20 Å². The number of hydrogen-bond donors (Lipinski definition) is 2. The lowest BCUT2D eigenvalue weighted by Gasteiger charge is -2.25. The molecule has 0 aliphatic carbocycles. The first-order chi connectivity index (χ1) is 15.6. The van der Waals surface area contributed by atoms with Crippen LogP contribution in [0.15, 0.2) is 42.7 Å². The van der Waals surface area contributed by atoms with Crippen LogP contribution < -0.4 is 14.8 Å². The van der Waals surface area contributed by atoms with Gasteiger partial charge in [0.05, 0.1) is 29.8 Å². The van der Waals surface area contributed by atoms with Gasteiger partial charge in [-0.15, -0.1) is 0 Å². The molecule has 5 heterocycles. The van der Waals surface area contributed by atoms with Crippen LogP contribution in [-0.2, 0) is 17.6 Å². The van der Waals surface area contributed by atoms with Crippen molar-refractivity contribution < 1.29 is 14.3 Å². The van der Waals surface area contributed by atoms with Crippen LogP contribution in [0.25, 0.3) is 11.0 Å². The number of benzene rings is 1. The standard InChI is InChI=1S/C24H21N5O3/c1-13-8-18-19(11-26-13)28-23(27-18)15-9-14-10-16(2-4-20(14)31-12-15)32-21-6-7-25-24-17(21)3-5-22(30)29-24/h2,4,6-8,10-11,15H,3,5,9,12H2,1H3,(H,27,28)(H,25,29,30). The van der Waals surface area contributed by atoms with E-state index in [-0.39, 0.29) is 11.8 Å². The van der Waals surface area contributed by atoms with Crippen molar-refractivity contribution in [2.45, 2.75) is 32.1 Å². The largest absolute Gasteiger partial charge is 0.493 e. The fourth-order valence-corrected chi connectivity index (χ4v) is 4.31. The van der Waals surface area contributed by atoms with E-state index >= 15 is 0 Å². The molecule has 8 nitrogen and oxygen atoms in total. The first-order valence-corrected chi connectivity index (χ1v) is 10.7. The number of anilines is 1. The number of nitrogens with one attached hydrogen (secondary N) is 2. The molecule has 2 aliphatic heterocycles. The summed E-state index contributed by atoms with van der Waals surface area (Å²) in [5.74, 6) is 3.89. The fourth-order valence-electron chi connectivity index (χ4n) is 4.31. The summed E-state index contributed by atoms with van der Waals surface area (Å²) in [7, 11) is 0. The molecule has 4 aromatic rings. The molecule has 0 fully saturated rings. The molecule has 32 heavy (non-hydrogen) atoms.